The van der Waals surface area contributed by atoms with Crippen LogP contribution in [0.3, 0.4) is 0 Å². The van der Waals surface area contributed by atoms with Gasteiger partial charge in [-0.2, -0.15) is 0 Å². The molecule has 3 saturated heterocycles. The number of benzene rings is 1. The molecule has 4 aliphatic rings. The molecule has 0 radical (unpaired) electrons. The van der Waals surface area contributed by atoms with Gasteiger partial charge in [-0.05, 0) is 43.4 Å². The molecule has 2 amide bonds. The summed E-state index contributed by atoms with van der Waals surface area (Å²) in [6.07, 6.45) is 2.71. The van der Waals surface area contributed by atoms with Gasteiger partial charge in [-0.1, -0.05) is 13.8 Å². The predicted octanol–water partition coefficient (Wildman–Crippen LogP) is 2.46. The first-order chi connectivity index (χ1) is 14.8. The molecule has 1 aromatic rings. The number of amides is 2. The second kappa shape index (κ2) is 7.40. The number of carbonyl (C=O) groups excluding carboxylic acids is 2. The van der Waals surface area contributed by atoms with Crippen molar-refractivity contribution in [3.63, 3.8) is 0 Å². The number of piperidine rings is 1. The molecule has 3 fully saturated rings. The van der Waals surface area contributed by atoms with Crippen LogP contribution in [0.4, 0.5) is 0 Å². The zero-order valence-corrected chi connectivity index (χ0v) is 18.9. The van der Waals surface area contributed by atoms with E-state index in [2.05, 4.69) is 18.7 Å². The number of nitrogens with zero attached hydrogens (tertiary/aromatic N) is 3. The van der Waals surface area contributed by atoms with Gasteiger partial charge < -0.3 is 24.2 Å². The van der Waals surface area contributed by atoms with Gasteiger partial charge in [-0.25, -0.2) is 0 Å². The highest BCUT2D eigenvalue weighted by atomic mass is 16.7. The molecule has 7 heteroatoms. The van der Waals surface area contributed by atoms with E-state index >= 15 is 0 Å². The minimum absolute atomic E-state index is 0.0323. The van der Waals surface area contributed by atoms with Gasteiger partial charge >= 0.3 is 0 Å². The predicted molar refractivity (Wildman–Crippen MR) is 116 cm³/mol. The Hall–Kier alpha value is -2.28. The Morgan fingerprint density at radius 1 is 1.06 bits per heavy atom. The van der Waals surface area contributed by atoms with E-state index in [9.17, 15) is 9.59 Å². The molecule has 4 aliphatic heterocycles. The van der Waals surface area contributed by atoms with E-state index in [1.165, 1.54) is 0 Å². The van der Waals surface area contributed by atoms with Crippen LogP contribution < -0.4 is 9.47 Å². The molecule has 1 unspecified atom stereocenters. The summed E-state index contributed by atoms with van der Waals surface area (Å²) in [7, 11) is 1.94. The molecule has 5 rings (SSSR count). The van der Waals surface area contributed by atoms with Crippen molar-refractivity contribution in [2.45, 2.75) is 33.1 Å². The summed E-state index contributed by atoms with van der Waals surface area (Å²) in [5.74, 6) is 2.26. The van der Waals surface area contributed by atoms with Gasteiger partial charge in [0.05, 0.1) is 5.41 Å². The largest absolute Gasteiger partial charge is 0.454 e. The van der Waals surface area contributed by atoms with Gasteiger partial charge in [0.25, 0.3) is 5.91 Å². The number of ether oxygens (including phenoxy) is 2. The summed E-state index contributed by atoms with van der Waals surface area (Å²) in [6, 6.07) is 5.41. The minimum Gasteiger partial charge on any atom is -0.454 e. The number of likely N-dealkylation sites (tertiary alicyclic amines) is 3. The quantitative estimate of drug-likeness (QED) is 0.742. The molecule has 0 bridgehead atoms. The van der Waals surface area contributed by atoms with Crippen molar-refractivity contribution in [3.05, 3.63) is 23.8 Å². The van der Waals surface area contributed by atoms with Gasteiger partial charge in [-0.15, -0.1) is 0 Å². The normalized spacial score (nSPS) is 27.3. The molecule has 4 heterocycles. The highest BCUT2D eigenvalue weighted by molar-refractivity contribution is 5.95. The third kappa shape index (κ3) is 3.20. The fourth-order valence-corrected chi connectivity index (χ4v) is 6.39. The summed E-state index contributed by atoms with van der Waals surface area (Å²) >= 11 is 0. The van der Waals surface area contributed by atoms with Crippen LogP contribution in [0.25, 0.3) is 0 Å². The number of hydrogen-bond acceptors (Lipinski definition) is 5. The van der Waals surface area contributed by atoms with Crippen LogP contribution in [0.15, 0.2) is 18.2 Å². The average Bonchev–Trinajstić information content (AvgIpc) is 3.41. The van der Waals surface area contributed by atoms with Crippen LogP contribution in [0.1, 0.15) is 43.5 Å². The van der Waals surface area contributed by atoms with E-state index < -0.39 is 0 Å². The minimum atomic E-state index is -0.287. The van der Waals surface area contributed by atoms with Crippen LogP contribution in [-0.2, 0) is 4.79 Å². The van der Waals surface area contributed by atoms with Gasteiger partial charge in [0, 0.05) is 57.3 Å². The van der Waals surface area contributed by atoms with Crippen LogP contribution >= 0.6 is 0 Å². The maximum absolute atomic E-state index is 13.4. The summed E-state index contributed by atoms with van der Waals surface area (Å²) < 4.78 is 10.8. The fraction of sp³-hybridized carbons (Fsp3) is 0.667. The second-order valence-corrected chi connectivity index (χ2v) is 10.3. The smallest absolute Gasteiger partial charge is 0.253 e. The first kappa shape index (κ1) is 20.6. The van der Waals surface area contributed by atoms with Crippen LogP contribution in [0.2, 0.25) is 0 Å². The summed E-state index contributed by atoms with van der Waals surface area (Å²) in [6.45, 7) is 9.79. The molecule has 168 valence electrons. The lowest BCUT2D eigenvalue weighted by Gasteiger charge is -2.47. The Kier molecular flexibility index (Phi) is 4.92. The van der Waals surface area contributed by atoms with Crippen molar-refractivity contribution < 1.29 is 19.1 Å². The maximum atomic E-state index is 13.4. The lowest BCUT2D eigenvalue weighted by Crippen LogP contribution is -2.53. The molecule has 7 nitrogen and oxygen atoms in total. The van der Waals surface area contributed by atoms with E-state index in [1.54, 1.807) is 6.07 Å². The van der Waals surface area contributed by atoms with E-state index in [1.807, 2.05) is 29.0 Å². The fourth-order valence-electron chi connectivity index (χ4n) is 6.39. The monoisotopic (exact) mass is 427 g/mol. The van der Waals surface area contributed by atoms with Gasteiger partial charge in [0.15, 0.2) is 11.5 Å². The molecule has 0 N–H and O–H groups in total. The number of rotatable bonds is 3. The van der Waals surface area contributed by atoms with E-state index in [0.717, 1.165) is 45.4 Å². The first-order valence-corrected chi connectivity index (χ1v) is 11.5. The number of carbonyl (C=O) groups is 2. The van der Waals surface area contributed by atoms with Gasteiger partial charge in [0.2, 0.25) is 12.7 Å². The van der Waals surface area contributed by atoms with E-state index in [-0.39, 0.29) is 23.5 Å². The Balaban J connectivity index is 1.34. The summed E-state index contributed by atoms with van der Waals surface area (Å²) in [5, 5.41) is 0. The Morgan fingerprint density at radius 2 is 1.81 bits per heavy atom. The number of fused-ring (bicyclic) bond motifs is 2. The highest BCUT2D eigenvalue weighted by Gasteiger charge is 2.64. The molecule has 0 aromatic heterocycles. The lowest BCUT2D eigenvalue weighted by molar-refractivity contribution is -0.141. The zero-order valence-electron chi connectivity index (χ0n) is 18.9. The maximum Gasteiger partial charge on any atom is 0.253 e. The van der Waals surface area contributed by atoms with Crippen LogP contribution in [0, 0.1) is 16.7 Å². The molecule has 1 aromatic carbocycles. The molecule has 2 spiro atoms. The Morgan fingerprint density at radius 3 is 2.48 bits per heavy atom. The van der Waals surface area contributed by atoms with E-state index in [0.29, 0.717) is 42.0 Å². The standard InChI is InChI=1S/C24H33N3O4/c1-17(2)13-26-14-23(24(15-26)8-9-25(3)22(24)29)6-10-27(11-7-23)21(28)18-4-5-19-20(12-18)31-16-30-19/h4-5,12,17H,6-11,13-16H2,1-3H3. The molecule has 1 atom stereocenters. The van der Waals surface area contributed by atoms with Crippen molar-refractivity contribution in [2.24, 2.45) is 16.7 Å². The lowest BCUT2D eigenvalue weighted by atomic mass is 9.60. The van der Waals surface area contributed by atoms with Crippen LogP contribution in [0.5, 0.6) is 11.5 Å². The molecular formula is C24H33N3O4. The average molecular weight is 428 g/mol. The third-order valence-corrected chi connectivity index (χ3v) is 7.92. The SMILES string of the molecule is CC(C)CN1CC2(CCN(C(=O)c3ccc4c(c3)OCO4)CC2)C2(CCN(C)C2=O)C1. The van der Waals surface area contributed by atoms with Gasteiger partial charge in [0.1, 0.15) is 0 Å². The third-order valence-electron chi connectivity index (χ3n) is 7.92. The highest BCUT2D eigenvalue weighted by Crippen LogP contribution is 2.57. The molecule has 0 aliphatic carbocycles. The Bertz CT molecular complexity index is 893. The second-order valence-electron chi connectivity index (χ2n) is 10.3. The summed E-state index contributed by atoms with van der Waals surface area (Å²) in [5.41, 5.74) is 0.319. The summed E-state index contributed by atoms with van der Waals surface area (Å²) in [4.78, 5) is 32.9. The van der Waals surface area contributed by atoms with Crippen molar-refractivity contribution in [2.75, 3.05) is 53.1 Å². The number of hydrogen-bond donors (Lipinski definition) is 0. The van der Waals surface area contributed by atoms with E-state index in [4.69, 9.17) is 9.47 Å². The van der Waals surface area contributed by atoms with Crippen molar-refractivity contribution >= 4 is 11.8 Å². The first-order valence-electron chi connectivity index (χ1n) is 11.5. The topological polar surface area (TPSA) is 62.3 Å². The zero-order chi connectivity index (χ0) is 21.8. The van der Waals surface area contributed by atoms with Gasteiger partial charge in [-0.3, -0.25) is 9.59 Å². The Labute approximate surface area is 184 Å². The molecular weight excluding hydrogens is 394 g/mol. The van der Waals surface area contributed by atoms with Crippen LogP contribution in [-0.4, -0.2) is 79.6 Å². The molecule has 31 heavy (non-hydrogen) atoms. The van der Waals surface area contributed by atoms with Crippen molar-refractivity contribution in [1.29, 1.82) is 0 Å². The van der Waals surface area contributed by atoms with Crippen molar-refractivity contribution in [3.8, 4) is 11.5 Å². The van der Waals surface area contributed by atoms with Crippen molar-refractivity contribution in [1.82, 2.24) is 14.7 Å². The molecule has 0 saturated carbocycles.